The van der Waals surface area contributed by atoms with Crippen LogP contribution in [0.5, 0.6) is 0 Å². The first-order valence-corrected chi connectivity index (χ1v) is 3.31. The van der Waals surface area contributed by atoms with Gasteiger partial charge < -0.3 is 0 Å². The average Bonchev–Trinajstić information content (AvgIpc) is 2.08. The summed E-state index contributed by atoms with van der Waals surface area (Å²) in [6.45, 7) is 7.50. The van der Waals surface area contributed by atoms with Crippen LogP contribution in [0.4, 0.5) is 0 Å². The third kappa shape index (κ3) is 1.41. The van der Waals surface area contributed by atoms with E-state index in [1.807, 2.05) is 6.21 Å². The van der Waals surface area contributed by atoms with Crippen molar-refractivity contribution in [1.29, 1.82) is 0 Å². The highest BCUT2D eigenvalue weighted by Crippen LogP contribution is 2.24. The van der Waals surface area contributed by atoms with Crippen LogP contribution in [0.25, 0.3) is 0 Å². The van der Waals surface area contributed by atoms with Crippen LogP contribution in [0.1, 0.15) is 20.8 Å². The molecular formula is C8H13N. The number of aliphatic imine (C=N–C) groups is 1. The van der Waals surface area contributed by atoms with Crippen LogP contribution in [0.15, 0.2) is 16.6 Å². The molecule has 0 unspecified atom stereocenters. The molecule has 0 fully saturated rings. The van der Waals surface area contributed by atoms with Gasteiger partial charge >= 0.3 is 0 Å². The van der Waals surface area contributed by atoms with Crippen LogP contribution in [-0.2, 0) is 0 Å². The third-order valence-corrected chi connectivity index (χ3v) is 1.51. The van der Waals surface area contributed by atoms with Crippen LogP contribution >= 0.6 is 0 Å². The second kappa shape index (κ2) is 1.98. The molecule has 1 rings (SSSR count). The zero-order valence-corrected chi connectivity index (χ0v) is 6.31. The maximum atomic E-state index is 4.11. The van der Waals surface area contributed by atoms with Crippen molar-refractivity contribution in [1.82, 2.24) is 0 Å². The Hall–Kier alpha value is -0.590. The van der Waals surface area contributed by atoms with Crippen LogP contribution in [0.3, 0.4) is 0 Å². The fourth-order valence-electron chi connectivity index (χ4n) is 0.855. The monoisotopic (exact) mass is 123 g/mol. The van der Waals surface area contributed by atoms with Crippen molar-refractivity contribution in [3.05, 3.63) is 11.6 Å². The second-order valence-electron chi connectivity index (χ2n) is 3.40. The van der Waals surface area contributed by atoms with E-state index in [1.165, 1.54) is 5.57 Å². The van der Waals surface area contributed by atoms with E-state index in [0.717, 1.165) is 6.54 Å². The average molecular weight is 123 g/mol. The highest BCUT2D eigenvalue weighted by molar-refractivity contribution is 5.82. The lowest BCUT2D eigenvalue weighted by molar-refractivity contribution is 0.527. The molecule has 1 aliphatic heterocycles. The van der Waals surface area contributed by atoms with Crippen molar-refractivity contribution < 1.29 is 0 Å². The molecule has 1 heterocycles. The molecule has 0 spiro atoms. The van der Waals surface area contributed by atoms with E-state index in [0.29, 0.717) is 5.41 Å². The molecule has 0 bridgehead atoms. The highest BCUT2D eigenvalue weighted by Gasteiger charge is 2.16. The van der Waals surface area contributed by atoms with Gasteiger partial charge in [-0.05, 0) is 11.0 Å². The summed E-state index contributed by atoms with van der Waals surface area (Å²) in [5.74, 6) is 0. The molecule has 1 aliphatic rings. The SMILES string of the molecule is CC(C)(C)C1=CCN=C1. The lowest BCUT2D eigenvalue weighted by atomic mass is 9.88. The molecule has 1 nitrogen and oxygen atoms in total. The molecule has 0 amide bonds. The Bertz CT molecular complexity index is 158. The van der Waals surface area contributed by atoms with E-state index in [9.17, 15) is 0 Å². The lowest BCUT2D eigenvalue weighted by Crippen LogP contribution is -2.08. The highest BCUT2D eigenvalue weighted by atomic mass is 14.7. The van der Waals surface area contributed by atoms with E-state index in [-0.39, 0.29) is 0 Å². The van der Waals surface area contributed by atoms with Gasteiger partial charge in [0.15, 0.2) is 0 Å². The van der Waals surface area contributed by atoms with E-state index < -0.39 is 0 Å². The molecule has 0 aromatic carbocycles. The van der Waals surface area contributed by atoms with Crippen molar-refractivity contribution >= 4 is 6.21 Å². The van der Waals surface area contributed by atoms with Crippen molar-refractivity contribution in [3.63, 3.8) is 0 Å². The van der Waals surface area contributed by atoms with Gasteiger partial charge in [-0.1, -0.05) is 26.8 Å². The minimum Gasteiger partial charge on any atom is -0.289 e. The van der Waals surface area contributed by atoms with Crippen molar-refractivity contribution in [3.8, 4) is 0 Å². The van der Waals surface area contributed by atoms with Crippen LogP contribution < -0.4 is 0 Å². The first-order valence-electron chi connectivity index (χ1n) is 3.31. The van der Waals surface area contributed by atoms with Gasteiger partial charge in [0.25, 0.3) is 0 Å². The molecule has 0 aromatic heterocycles. The zero-order chi connectivity index (χ0) is 6.91. The summed E-state index contributed by atoms with van der Waals surface area (Å²) in [5, 5.41) is 0. The molecule has 0 aliphatic carbocycles. The minimum absolute atomic E-state index is 0.292. The predicted octanol–water partition coefficient (Wildman–Crippen LogP) is 2.04. The van der Waals surface area contributed by atoms with Gasteiger partial charge in [-0.2, -0.15) is 0 Å². The topological polar surface area (TPSA) is 12.4 Å². The summed E-state index contributed by atoms with van der Waals surface area (Å²) in [6, 6.07) is 0. The summed E-state index contributed by atoms with van der Waals surface area (Å²) in [7, 11) is 0. The Balaban J connectivity index is 2.73. The minimum atomic E-state index is 0.292. The fourth-order valence-corrected chi connectivity index (χ4v) is 0.855. The van der Waals surface area contributed by atoms with E-state index in [2.05, 4.69) is 31.8 Å². The molecule has 1 heteroatoms. The normalized spacial score (nSPS) is 18.3. The summed E-state index contributed by atoms with van der Waals surface area (Å²) >= 11 is 0. The number of nitrogens with zero attached hydrogens (tertiary/aromatic N) is 1. The van der Waals surface area contributed by atoms with Crippen LogP contribution in [0, 0.1) is 5.41 Å². The largest absolute Gasteiger partial charge is 0.289 e. The molecule has 0 radical (unpaired) electrons. The van der Waals surface area contributed by atoms with E-state index in [1.54, 1.807) is 0 Å². The van der Waals surface area contributed by atoms with Crippen LogP contribution in [0.2, 0.25) is 0 Å². The zero-order valence-electron chi connectivity index (χ0n) is 6.31. The van der Waals surface area contributed by atoms with Crippen molar-refractivity contribution in [2.75, 3.05) is 6.54 Å². The molecule has 0 saturated carbocycles. The third-order valence-electron chi connectivity index (χ3n) is 1.51. The molecular weight excluding hydrogens is 110 g/mol. The number of rotatable bonds is 0. The second-order valence-corrected chi connectivity index (χ2v) is 3.40. The summed E-state index contributed by atoms with van der Waals surface area (Å²) < 4.78 is 0. The van der Waals surface area contributed by atoms with Gasteiger partial charge in [-0.25, -0.2) is 0 Å². The Morgan fingerprint density at radius 2 is 2.11 bits per heavy atom. The number of hydrogen-bond acceptors (Lipinski definition) is 1. The number of hydrogen-bond donors (Lipinski definition) is 0. The first kappa shape index (κ1) is 6.53. The molecule has 9 heavy (non-hydrogen) atoms. The first-order chi connectivity index (χ1) is 4.11. The Kier molecular flexibility index (Phi) is 1.43. The predicted molar refractivity (Wildman–Crippen MR) is 40.9 cm³/mol. The maximum Gasteiger partial charge on any atom is 0.0576 e. The maximum absolute atomic E-state index is 4.11. The Morgan fingerprint density at radius 3 is 2.33 bits per heavy atom. The van der Waals surface area contributed by atoms with E-state index in [4.69, 9.17) is 0 Å². The summed E-state index contributed by atoms with van der Waals surface area (Å²) in [6.07, 6.45) is 4.15. The Morgan fingerprint density at radius 1 is 1.44 bits per heavy atom. The molecule has 0 atom stereocenters. The van der Waals surface area contributed by atoms with Gasteiger partial charge in [0.05, 0.1) is 6.54 Å². The Labute approximate surface area is 56.5 Å². The van der Waals surface area contributed by atoms with Crippen molar-refractivity contribution in [2.24, 2.45) is 10.4 Å². The lowest BCUT2D eigenvalue weighted by Gasteiger charge is -2.16. The molecule has 0 saturated heterocycles. The quantitative estimate of drug-likeness (QED) is 0.467. The van der Waals surface area contributed by atoms with Gasteiger partial charge in [-0.3, -0.25) is 4.99 Å². The molecule has 0 N–H and O–H groups in total. The van der Waals surface area contributed by atoms with Crippen LogP contribution in [-0.4, -0.2) is 12.8 Å². The fraction of sp³-hybridized carbons (Fsp3) is 0.625. The van der Waals surface area contributed by atoms with Gasteiger partial charge in [0.1, 0.15) is 0 Å². The molecule has 50 valence electrons. The van der Waals surface area contributed by atoms with Gasteiger partial charge in [-0.15, -0.1) is 0 Å². The summed E-state index contributed by atoms with van der Waals surface area (Å²) in [4.78, 5) is 4.11. The smallest absolute Gasteiger partial charge is 0.0576 e. The van der Waals surface area contributed by atoms with Gasteiger partial charge in [0, 0.05) is 6.21 Å². The number of allylic oxidation sites excluding steroid dienone is 1. The molecule has 0 aromatic rings. The van der Waals surface area contributed by atoms with E-state index >= 15 is 0 Å². The standard InChI is InChI=1S/C8H13N/c1-8(2,3)7-4-5-9-6-7/h4,6H,5H2,1-3H3. The summed E-state index contributed by atoms with van der Waals surface area (Å²) in [5.41, 5.74) is 1.66. The van der Waals surface area contributed by atoms with Gasteiger partial charge in [0.2, 0.25) is 0 Å². The van der Waals surface area contributed by atoms with Crippen molar-refractivity contribution in [2.45, 2.75) is 20.8 Å².